The largest absolute Gasteiger partial charge is 0.299 e. The summed E-state index contributed by atoms with van der Waals surface area (Å²) >= 11 is 0. The molecule has 0 spiro atoms. The number of aromatic nitrogens is 4. The lowest BCUT2D eigenvalue weighted by Gasteiger charge is -2.14. The highest BCUT2D eigenvalue weighted by Gasteiger charge is 2.14. The van der Waals surface area contributed by atoms with E-state index in [1.165, 1.54) is 43.4 Å². The number of imidazole rings is 1. The molecule has 0 aliphatic heterocycles. The van der Waals surface area contributed by atoms with Crippen LogP contribution in [0.4, 0.5) is 0 Å². The van der Waals surface area contributed by atoms with Gasteiger partial charge in [-0.05, 0) is 85.4 Å². The Labute approximate surface area is 270 Å². The lowest BCUT2D eigenvalue weighted by Crippen LogP contribution is -1.93. The predicted molar refractivity (Wildman–Crippen MR) is 195 cm³/mol. The van der Waals surface area contributed by atoms with Gasteiger partial charge in [0.15, 0.2) is 0 Å². The van der Waals surface area contributed by atoms with Gasteiger partial charge in [0.25, 0.3) is 0 Å². The molecule has 0 N–H and O–H groups in total. The Balaban J connectivity index is 1.08. The van der Waals surface area contributed by atoms with Crippen molar-refractivity contribution in [3.05, 3.63) is 158 Å². The molecule has 10 aromatic rings. The Morgan fingerprint density at radius 3 is 1.94 bits per heavy atom. The zero-order valence-corrected chi connectivity index (χ0v) is 25.3. The van der Waals surface area contributed by atoms with E-state index >= 15 is 0 Å². The van der Waals surface area contributed by atoms with E-state index in [9.17, 15) is 0 Å². The van der Waals surface area contributed by atoms with Crippen LogP contribution in [0, 0.1) is 0 Å². The van der Waals surface area contributed by atoms with Crippen molar-refractivity contribution in [1.82, 2.24) is 19.5 Å². The summed E-state index contributed by atoms with van der Waals surface area (Å²) in [6.45, 7) is 0. The van der Waals surface area contributed by atoms with E-state index in [4.69, 9.17) is 9.97 Å². The second-order valence-electron chi connectivity index (χ2n) is 12.1. The van der Waals surface area contributed by atoms with Crippen molar-refractivity contribution in [2.24, 2.45) is 0 Å². The topological polar surface area (TPSA) is 43.6 Å². The molecule has 10 rings (SSSR count). The molecule has 3 heterocycles. The molecule has 0 aliphatic rings. The van der Waals surface area contributed by atoms with Crippen molar-refractivity contribution in [1.29, 1.82) is 0 Å². The minimum Gasteiger partial charge on any atom is -0.299 e. The van der Waals surface area contributed by atoms with E-state index in [1.54, 1.807) is 0 Å². The van der Waals surface area contributed by atoms with Crippen molar-refractivity contribution in [2.45, 2.75) is 0 Å². The minimum absolute atomic E-state index is 0.927. The van der Waals surface area contributed by atoms with E-state index in [0.29, 0.717) is 0 Å². The molecule has 4 heteroatoms. The van der Waals surface area contributed by atoms with Gasteiger partial charge in [-0.25, -0.2) is 4.98 Å². The Morgan fingerprint density at radius 1 is 0.447 bits per heavy atom. The van der Waals surface area contributed by atoms with Gasteiger partial charge >= 0.3 is 0 Å². The van der Waals surface area contributed by atoms with Crippen LogP contribution in [0.5, 0.6) is 0 Å². The predicted octanol–water partition coefficient (Wildman–Crippen LogP) is 10.9. The van der Waals surface area contributed by atoms with Gasteiger partial charge in [-0.15, -0.1) is 0 Å². The van der Waals surface area contributed by atoms with Crippen LogP contribution in [-0.4, -0.2) is 19.5 Å². The van der Waals surface area contributed by atoms with Gasteiger partial charge in [-0.1, -0.05) is 103 Å². The summed E-state index contributed by atoms with van der Waals surface area (Å²) in [6.07, 6.45) is 5.69. The molecule has 0 saturated heterocycles. The third kappa shape index (κ3) is 3.98. The van der Waals surface area contributed by atoms with Gasteiger partial charge in [-0.3, -0.25) is 14.5 Å². The minimum atomic E-state index is 0.927. The molecular weight excluding hydrogens is 573 g/mol. The number of fused-ring (bicyclic) bond motifs is 10. The molecule has 0 amide bonds. The maximum Gasteiger partial charge on any atom is 0.100 e. The molecule has 0 fully saturated rings. The molecule has 218 valence electrons. The quantitative estimate of drug-likeness (QED) is 0.190. The SMILES string of the molecule is c1cnc2c(c1)ccc1cc(-c3ccc(-n4cnc5ccc(-c6cccc7c8ccccc8c8ccccc8c67)cc54)cc3)cnc12. The number of hydrogen-bond acceptors (Lipinski definition) is 3. The third-order valence-corrected chi connectivity index (χ3v) is 9.53. The first kappa shape index (κ1) is 25.9. The molecule has 0 saturated carbocycles. The Hall–Kier alpha value is -6.39. The number of rotatable bonds is 3. The first-order valence-electron chi connectivity index (χ1n) is 15.8. The van der Waals surface area contributed by atoms with Crippen molar-refractivity contribution >= 4 is 65.2 Å². The maximum absolute atomic E-state index is 4.82. The molecule has 0 radical (unpaired) electrons. The van der Waals surface area contributed by atoms with Crippen molar-refractivity contribution in [2.75, 3.05) is 0 Å². The first-order valence-corrected chi connectivity index (χ1v) is 15.8. The van der Waals surface area contributed by atoms with Gasteiger partial charge in [0.05, 0.1) is 22.1 Å². The van der Waals surface area contributed by atoms with Gasteiger partial charge in [0.1, 0.15) is 6.33 Å². The fourth-order valence-corrected chi connectivity index (χ4v) is 7.29. The third-order valence-electron chi connectivity index (χ3n) is 9.53. The molecule has 7 aromatic carbocycles. The summed E-state index contributed by atoms with van der Waals surface area (Å²) in [5, 5.41) is 9.85. The fraction of sp³-hybridized carbons (Fsp3) is 0. The monoisotopic (exact) mass is 598 g/mol. The molecule has 3 aromatic heterocycles. The lowest BCUT2D eigenvalue weighted by atomic mass is 9.89. The van der Waals surface area contributed by atoms with E-state index in [-0.39, 0.29) is 0 Å². The zero-order valence-electron chi connectivity index (χ0n) is 25.3. The number of pyridine rings is 2. The molecule has 0 aliphatic carbocycles. The van der Waals surface area contributed by atoms with Crippen molar-refractivity contribution in [3.8, 4) is 27.9 Å². The van der Waals surface area contributed by atoms with Gasteiger partial charge in [-0.2, -0.15) is 0 Å². The van der Waals surface area contributed by atoms with Crippen LogP contribution in [0.15, 0.2) is 158 Å². The summed E-state index contributed by atoms with van der Waals surface area (Å²) in [7, 11) is 0. The maximum atomic E-state index is 4.82. The van der Waals surface area contributed by atoms with Crippen LogP contribution in [-0.2, 0) is 0 Å². The van der Waals surface area contributed by atoms with E-state index in [0.717, 1.165) is 49.7 Å². The summed E-state index contributed by atoms with van der Waals surface area (Å²) in [4.78, 5) is 14.2. The van der Waals surface area contributed by atoms with Gasteiger partial charge in [0, 0.05) is 34.4 Å². The molecule has 0 bridgehead atoms. The van der Waals surface area contributed by atoms with Crippen LogP contribution < -0.4 is 0 Å². The van der Waals surface area contributed by atoms with Gasteiger partial charge in [0.2, 0.25) is 0 Å². The van der Waals surface area contributed by atoms with Gasteiger partial charge < -0.3 is 0 Å². The first-order chi connectivity index (χ1) is 23.3. The molecule has 4 nitrogen and oxygen atoms in total. The summed E-state index contributed by atoms with van der Waals surface area (Å²) in [5.74, 6) is 0. The summed E-state index contributed by atoms with van der Waals surface area (Å²) in [5.41, 5.74) is 9.55. The highest BCUT2D eigenvalue weighted by molar-refractivity contribution is 6.28. The highest BCUT2D eigenvalue weighted by atomic mass is 15.0. The Morgan fingerprint density at radius 2 is 1.13 bits per heavy atom. The van der Waals surface area contributed by atoms with Crippen LogP contribution in [0.1, 0.15) is 0 Å². The van der Waals surface area contributed by atoms with Crippen LogP contribution in [0.25, 0.3) is 93.1 Å². The average Bonchev–Trinajstić information content (AvgIpc) is 3.58. The molecular formula is C43H26N4. The van der Waals surface area contributed by atoms with E-state index < -0.39 is 0 Å². The fourth-order valence-electron chi connectivity index (χ4n) is 7.29. The summed E-state index contributed by atoms with van der Waals surface area (Å²) < 4.78 is 2.18. The van der Waals surface area contributed by atoms with Crippen LogP contribution in [0.3, 0.4) is 0 Å². The number of nitrogens with zero attached hydrogens (tertiary/aromatic N) is 4. The van der Waals surface area contributed by atoms with Crippen LogP contribution in [0.2, 0.25) is 0 Å². The van der Waals surface area contributed by atoms with E-state index in [2.05, 4.69) is 143 Å². The smallest absolute Gasteiger partial charge is 0.100 e. The molecule has 47 heavy (non-hydrogen) atoms. The van der Waals surface area contributed by atoms with E-state index in [1.807, 2.05) is 24.8 Å². The zero-order chi connectivity index (χ0) is 30.9. The number of benzene rings is 7. The highest BCUT2D eigenvalue weighted by Crippen LogP contribution is 2.40. The van der Waals surface area contributed by atoms with Crippen molar-refractivity contribution < 1.29 is 0 Å². The summed E-state index contributed by atoms with van der Waals surface area (Å²) in [6, 6.07) is 49.9. The normalized spacial score (nSPS) is 11.8. The second kappa shape index (κ2) is 10.1. The Bertz CT molecular complexity index is 2800. The Kier molecular flexibility index (Phi) is 5.54. The molecule has 0 unspecified atom stereocenters. The second-order valence-corrected chi connectivity index (χ2v) is 12.1. The lowest BCUT2D eigenvalue weighted by molar-refractivity contribution is 1.09. The standard InChI is InChI=1S/C43H26N4/c1-2-9-36-34(8-1)35-10-3-4-11-37(35)41-33(12-5-13-38(36)41)29-18-21-39-40(24-29)47(26-46-39)32-19-16-27(17-20-32)31-23-30-15-14-28-7-6-22-44-42(28)43(30)45-25-31/h1-26H. The van der Waals surface area contributed by atoms with Crippen LogP contribution >= 0.6 is 0 Å². The average molecular weight is 599 g/mol. The number of hydrogen-bond donors (Lipinski definition) is 0. The van der Waals surface area contributed by atoms with Crippen molar-refractivity contribution in [3.63, 3.8) is 0 Å². The molecule has 0 atom stereocenters.